The highest BCUT2D eigenvalue weighted by molar-refractivity contribution is 6.02. The molecule has 6 heteroatoms. The van der Waals surface area contributed by atoms with Crippen molar-refractivity contribution in [3.05, 3.63) is 12.2 Å². The molecular formula is C11H15NO5. The number of esters is 1. The van der Waals surface area contributed by atoms with E-state index in [1.165, 1.54) is 0 Å². The first-order valence-corrected chi connectivity index (χ1v) is 5.19. The standard InChI is InChI=1S/C11H15NO5/c1-11(2,3)17-9(14)5-4-8(13)12-6-7-16-10(12)15/h4-5H,6-7H2,1-3H3/b5-4+. The molecule has 0 aliphatic carbocycles. The minimum absolute atomic E-state index is 0.185. The molecule has 0 atom stereocenters. The molecule has 1 fully saturated rings. The summed E-state index contributed by atoms with van der Waals surface area (Å²) in [6.45, 7) is 5.55. The maximum Gasteiger partial charge on any atom is 0.416 e. The van der Waals surface area contributed by atoms with Gasteiger partial charge in [-0.2, -0.15) is 0 Å². The maximum absolute atomic E-state index is 11.5. The van der Waals surface area contributed by atoms with Crippen LogP contribution in [0, 0.1) is 0 Å². The van der Waals surface area contributed by atoms with Crippen LogP contribution in [0.5, 0.6) is 0 Å². The van der Waals surface area contributed by atoms with Crippen LogP contribution in [0.2, 0.25) is 0 Å². The Morgan fingerprint density at radius 1 is 1.35 bits per heavy atom. The van der Waals surface area contributed by atoms with Crippen LogP contribution >= 0.6 is 0 Å². The molecule has 0 saturated carbocycles. The number of hydrogen-bond acceptors (Lipinski definition) is 5. The highest BCUT2D eigenvalue weighted by Crippen LogP contribution is 2.08. The number of carbonyl (C=O) groups is 3. The highest BCUT2D eigenvalue weighted by atomic mass is 16.6. The Bertz CT molecular complexity index is 367. The van der Waals surface area contributed by atoms with Gasteiger partial charge in [0.05, 0.1) is 6.54 Å². The van der Waals surface area contributed by atoms with Crippen LogP contribution < -0.4 is 0 Å². The van der Waals surface area contributed by atoms with Crippen LogP contribution in [0.4, 0.5) is 4.79 Å². The molecule has 0 spiro atoms. The molecule has 1 heterocycles. The fraction of sp³-hybridized carbons (Fsp3) is 0.545. The van der Waals surface area contributed by atoms with Crippen molar-refractivity contribution in [3.63, 3.8) is 0 Å². The zero-order valence-corrected chi connectivity index (χ0v) is 10.1. The van der Waals surface area contributed by atoms with Gasteiger partial charge in [0, 0.05) is 12.2 Å². The average Bonchev–Trinajstić information content (AvgIpc) is 2.58. The van der Waals surface area contributed by atoms with E-state index >= 15 is 0 Å². The van der Waals surface area contributed by atoms with Crippen molar-refractivity contribution in [2.24, 2.45) is 0 Å². The molecule has 0 bridgehead atoms. The van der Waals surface area contributed by atoms with Gasteiger partial charge in [0.1, 0.15) is 12.2 Å². The van der Waals surface area contributed by atoms with Crippen molar-refractivity contribution in [1.82, 2.24) is 4.90 Å². The fourth-order valence-corrected chi connectivity index (χ4v) is 1.16. The lowest BCUT2D eigenvalue weighted by atomic mass is 10.2. The summed E-state index contributed by atoms with van der Waals surface area (Å²) in [5, 5.41) is 0. The van der Waals surface area contributed by atoms with Crippen LogP contribution in [-0.2, 0) is 19.1 Å². The maximum atomic E-state index is 11.5. The number of nitrogens with zero attached hydrogens (tertiary/aromatic N) is 1. The molecule has 17 heavy (non-hydrogen) atoms. The molecule has 2 amide bonds. The molecule has 0 N–H and O–H groups in total. The Balaban J connectivity index is 2.51. The molecule has 0 unspecified atom stereocenters. The van der Waals surface area contributed by atoms with Crippen molar-refractivity contribution in [2.75, 3.05) is 13.2 Å². The van der Waals surface area contributed by atoms with E-state index in [0.717, 1.165) is 17.1 Å². The Kier molecular flexibility index (Phi) is 3.88. The van der Waals surface area contributed by atoms with Gasteiger partial charge in [-0.1, -0.05) is 0 Å². The zero-order valence-electron chi connectivity index (χ0n) is 10.1. The number of ether oxygens (including phenoxy) is 2. The van der Waals surface area contributed by atoms with Gasteiger partial charge in [0.25, 0.3) is 5.91 Å². The van der Waals surface area contributed by atoms with Crippen molar-refractivity contribution < 1.29 is 23.9 Å². The summed E-state index contributed by atoms with van der Waals surface area (Å²) in [5.41, 5.74) is -0.614. The molecule has 0 aromatic rings. The van der Waals surface area contributed by atoms with Crippen LogP contribution in [0.25, 0.3) is 0 Å². The summed E-state index contributed by atoms with van der Waals surface area (Å²) < 4.78 is 9.56. The van der Waals surface area contributed by atoms with E-state index < -0.39 is 23.6 Å². The molecule has 0 radical (unpaired) electrons. The first kappa shape index (κ1) is 13.2. The first-order chi connectivity index (χ1) is 7.79. The second-order valence-electron chi connectivity index (χ2n) is 4.47. The van der Waals surface area contributed by atoms with Gasteiger partial charge in [0.15, 0.2) is 0 Å². The predicted molar refractivity (Wildman–Crippen MR) is 58.0 cm³/mol. The summed E-state index contributed by atoms with van der Waals surface area (Å²) in [5.74, 6) is -1.21. The fourth-order valence-electron chi connectivity index (χ4n) is 1.16. The topological polar surface area (TPSA) is 72.9 Å². The number of imide groups is 1. The second-order valence-corrected chi connectivity index (χ2v) is 4.47. The van der Waals surface area contributed by atoms with E-state index in [2.05, 4.69) is 4.74 Å². The summed E-state index contributed by atoms with van der Waals surface area (Å²) in [6, 6.07) is 0. The van der Waals surface area contributed by atoms with Gasteiger partial charge in [-0.25, -0.2) is 14.5 Å². The summed E-state index contributed by atoms with van der Waals surface area (Å²) in [6.07, 6.45) is 1.31. The third-order valence-electron chi connectivity index (χ3n) is 1.80. The average molecular weight is 241 g/mol. The lowest BCUT2D eigenvalue weighted by molar-refractivity contribution is -0.148. The van der Waals surface area contributed by atoms with Crippen molar-refractivity contribution in [1.29, 1.82) is 0 Å². The Morgan fingerprint density at radius 3 is 2.47 bits per heavy atom. The smallest absolute Gasteiger partial charge is 0.416 e. The Labute approximate surface area is 99.2 Å². The monoisotopic (exact) mass is 241 g/mol. The summed E-state index contributed by atoms with van der Waals surface area (Å²) >= 11 is 0. The molecule has 0 aromatic carbocycles. The second kappa shape index (κ2) is 4.99. The van der Waals surface area contributed by atoms with E-state index in [1.807, 2.05) is 0 Å². The third kappa shape index (κ3) is 4.26. The normalized spacial score (nSPS) is 16.2. The molecule has 1 aliphatic heterocycles. The van der Waals surface area contributed by atoms with Crippen molar-refractivity contribution in [2.45, 2.75) is 26.4 Å². The minimum Gasteiger partial charge on any atom is -0.457 e. The van der Waals surface area contributed by atoms with E-state index in [-0.39, 0.29) is 13.2 Å². The van der Waals surface area contributed by atoms with Gasteiger partial charge in [-0.3, -0.25) is 4.79 Å². The van der Waals surface area contributed by atoms with Gasteiger partial charge in [0.2, 0.25) is 0 Å². The number of cyclic esters (lactones) is 1. The van der Waals surface area contributed by atoms with Crippen LogP contribution in [0.3, 0.4) is 0 Å². The number of rotatable bonds is 2. The SMILES string of the molecule is CC(C)(C)OC(=O)/C=C/C(=O)N1CCOC1=O. The number of hydrogen-bond donors (Lipinski definition) is 0. The van der Waals surface area contributed by atoms with E-state index in [9.17, 15) is 14.4 Å². The van der Waals surface area contributed by atoms with Gasteiger partial charge in [-0.15, -0.1) is 0 Å². The largest absolute Gasteiger partial charge is 0.457 e. The van der Waals surface area contributed by atoms with Crippen LogP contribution in [0.1, 0.15) is 20.8 Å². The number of carbonyl (C=O) groups excluding carboxylic acids is 3. The molecule has 1 saturated heterocycles. The molecule has 0 aromatic heterocycles. The Hall–Kier alpha value is -1.85. The van der Waals surface area contributed by atoms with Gasteiger partial charge in [-0.05, 0) is 20.8 Å². The van der Waals surface area contributed by atoms with Crippen molar-refractivity contribution >= 4 is 18.0 Å². The molecular weight excluding hydrogens is 226 g/mol. The molecule has 94 valence electrons. The molecule has 6 nitrogen and oxygen atoms in total. The van der Waals surface area contributed by atoms with Crippen molar-refractivity contribution in [3.8, 4) is 0 Å². The predicted octanol–water partition coefficient (Wildman–Crippen LogP) is 0.863. The third-order valence-corrected chi connectivity index (χ3v) is 1.80. The van der Waals surface area contributed by atoms with Crippen LogP contribution in [0.15, 0.2) is 12.2 Å². The zero-order chi connectivity index (χ0) is 13.1. The highest BCUT2D eigenvalue weighted by Gasteiger charge is 2.26. The lowest BCUT2D eigenvalue weighted by Crippen LogP contribution is -2.30. The molecule has 1 aliphatic rings. The first-order valence-electron chi connectivity index (χ1n) is 5.19. The lowest BCUT2D eigenvalue weighted by Gasteiger charge is -2.17. The van der Waals surface area contributed by atoms with Crippen LogP contribution in [-0.4, -0.2) is 41.6 Å². The quantitative estimate of drug-likeness (QED) is 0.529. The van der Waals surface area contributed by atoms with E-state index in [4.69, 9.17) is 4.74 Å². The number of amides is 2. The van der Waals surface area contributed by atoms with Gasteiger partial charge < -0.3 is 9.47 Å². The van der Waals surface area contributed by atoms with E-state index in [1.54, 1.807) is 20.8 Å². The summed E-state index contributed by atoms with van der Waals surface area (Å²) in [4.78, 5) is 34.7. The van der Waals surface area contributed by atoms with Gasteiger partial charge >= 0.3 is 12.1 Å². The van der Waals surface area contributed by atoms with E-state index in [0.29, 0.717) is 0 Å². The summed E-state index contributed by atoms with van der Waals surface area (Å²) in [7, 11) is 0. The Morgan fingerprint density at radius 2 is 2.00 bits per heavy atom. The minimum atomic E-state index is -0.691. The molecule has 1 rings (SSSR count).